The summed E-state index contributed by atoms with van der Waals surface area (Å²) in [4.78, 5) is 30.5. The van der Waals surface area contributed by atoms with Crippen molar-refractivity contribution in [2.24, 2.45) is 0 Å². The van der Waals surface area contributed by atoms with Gasteiger partial charge in [-0.05, 0) is 36.1 Å². The highest BCUT2D eigenvalue weighted by Gasteiger charge is 2.25. The Balaban J connectivity index is 1.37. The van der Waals surface area contributed by atoms with Gasteiger partial charge in [-0.2, -0.15) is 0 Å². The molecule has 1 aliphatic rings. The number of ether oxygens (including phenoxy) is 1. The Morgan fingerprint density at radius 2 is 1.59 bits per heavy atom. The van der Waals surface area contributed by atoms with E-state index in [0.717, 1.165) is 36.2 Å². The Labute approximate surface area is 220 Å². The van der Waals surface area contributed by atoms with Gasteiger partial charge < -0.3 is 15.4 Å². The number of anilines is 1. The fourth-order valence-corrected chi connectivity index (χ4v) is 4.59. The highest BCUT2D eigenvalue weighted by atomic mass is 35.5. The van der Waals surface area contributed by atoms with E-state index in [1.807, 2.05) is 65.2 Å². The summed E-state index contributed by atoms with van der Waals surface area (Å²) >= 11 is 6.09. The number of amides is 1. The zero-order chi connectivity index (χ0) is 25.6. The first kappa shape index (κ1) is 24.6. The normalized spacial score (nSPS) is 13.3. The number of halogens is 1. The van der Waals surface area contributed by atoms with Crippen LogP contribution in [0.5, 0.6) is 5.88 Å². The van der Waals surface area contributed by atoms with Gasteiger partial charge in [-0.3, -0.25) is 9.36 Å². The predicted octanol–water partition coefficient (Wildman–Crippen LogP) is 6.05. The molecule has 5 rings (SSSR count). The van der Waals surface area contributed by atoms with E-state index in [0.29, 0.717) is 28.8 Å². The molecule has 3 aromatic carbocycles. The summed E-state index contributed by atoms with van der Waals surface area (Å²) in [6.45, 7) is 0.731. The molecule has 0 spiro atoms. The van der Waals surface area contributed by atoms with Crippen LogP contribution in [-0.4, -0.2) is 28.0 Å². The first-order valence-corrected chi connectivity index (χ1v) is 12.7. The second-order valence-corrected chi connectivity index (χ2v) is 9.30. The molecule has 0 fully saturated rings. The van der Waals surface area contributed by atoms with Crippen molar-refractivity contribution in [3.05, 3.63) is 112 Å². The number of hydrogen-bond donors (Lipinski definition) is 2. The molecule has 0 saturated heterocycles. The lowest BCUT2D eigenvalue weighted by Crippen LogP contribution is -2.32. The van der Waals surface area contributed by atoms with Gasteiger partial charge in [0.15, 0.2) is 11.6 Å². The molecule has 0 radical (unpaired) electrons. The number of Topliss-reactive ketones (excluding diaryl/α,β-unsaturated/α-hetero) is 1. The maximum Gasteiger partial charge on any atom is 0.414 e. The number of fused-ring (bicyclic) bond motifs is 1. The van der Waals surface area contributed by atoms with E-state index in [1.54, 1.807) is 24.3 Å². The molecule has 1 aromatic heterocycles. The number of aryl methyl sites for hydroxylation is 1. The van der Waals surface area contributed by atoms with Crippen molar-refractivity contribution in [2.75, 3.05) is 11.9 Å². The molecule has 37 heavy (non-hydrogen) atoms. The second-order valence-electron chi connectivity index (χ2n) is 8.86. The number of hydrogen-bond acceptors (Lipinski definition) is 5. The smallest absolute Gasteiger partial charge is 0.389 e. The van der Waals surface area contributed by atoms with Gasteiger partial charge in [-0.15, -0.1) is 0 Å². The van der Waals surface area contributed by atoms with Gasteiger partial charge in [0.1, 0.15) is 5.82 Å². The third-order valence-electron chi connectivity index (χ3n) is 6.33. The van der Waals surface area contributed by atoms with E-state index < -0.39 is 12.1 Å². The highest BCUT2D eigenvalue weighted by Crippen LogP contribution is 2.31. The maximum absolute atomic E-state index is 13.2. The van der Waals surface area contributed by atoms with Crippen LogP contribution in [-0.2, 0) is 13.0 Å². The first-order valence-electron chi connectivity index (χ1n) is 12.3. The number of nitrogens with one attached hydrogen (secondary N) is 2. The minimum absolute atomic E-state index is 0.0376. The van der Waals surface area contributed by atoms with E-state index in [-0.39, 0.29) is 12.3 Å². The van der Waals surface area contributed by atoms with Gasteiger partial charge >= 0.3 is 6.09 Å². The predicted molar refractivity (Wildman–Crippen MR) is 143 cm³/mol. The molecule has 0 saturated carbocycles. The van der Waals surface area contributed by atoms with Gasteiger partial charge in [0.2, 0.25) is 5.88 Å². The minimum atomic E-state index is -0.616. The van der Waals surface area contributed by atoms with Crippen LogP contribution in [0.2, 0.25) is 5.02 Å². The molecule has 4 aromatic rings. The second kappa shape index (κ2) is 11.3. The minimum Gasteiger partial charge on any atom is -0.389 e. The van der Waals surface area contributed by atoms with E-state index in [2.05, 4.69) is 15.6 Å². The molecule has 1 aliphatic heterocycles. The van der Waals surface area contributed by atoms with Crippen LogP contribution in [0.3, 0.4) is 0 Å². The van der Waals surface area contributed by atoms with Gasteiger partial charge in [0.25, 0.3) is 0 Å². The van der Waals surface area contributed by atoms with Crippen LogP contribution >= 0.6 is 11.6 Å². The molecule has 1 atom stereocenters. The molecule has 7 nitrogen and oxygen atoms in total. The van der Waals surface area contributed by atoms with Gasteiger partial charge in [0.05, 0.1) is 12.6 Å². The number of ketones is 1. The summed E-state index contributed by atoms with van der Waals surface area (Å²) in [5.74, 6) is 1.46. The molecule has 2 heterocycles. The van der Waals surface area contributed by atoms with Gasteiger partial charge in [0, 0.05) is 23.6 Å². The SMILES string of the molecule is O=C(NC(c1ccccc1)c1ccc(Cl)cc1)Oc1c(NCC(=O)c2ccccc2)nc2n1CCCC2. The van der Waals surface area contributed by atoms with Gasteiger partial charge in [-0.25, -0.2) is 9.78 Å². The summed E-state index contributed by atoms with van der Waals surface area (Å²) in [6, 6.07) is 25.6. The first-order chi connectivity index (χ1) is 18.1. The average Bonchev–Trinajstić information content (AvgIpc) is 3.29. The van der Waals surface area contributed by atoms with Crippen LogP contribution < -0.4 is 15.4 Å². The molecule has 2 N–H and O–H groups in total. The van der Waals surface area contributed by atoms with Gasteiger partial charge in [-0.1, -0.05) is 84.4 Å². The van der Waals surface area contributed by atoms with Crippen molar-refractivity contribution < 1.29 is 14.3 Å². The quantitative estimate of drug-likeness (QED) is 0.280. The Kier molecular flexibility index (Phi) is 7.51. The van der Waals surface area contributed by atoms with Crippen molar-refractivity contribution in [1.82, 2.24) is 14.9 Å². The molecule has 1 amide bonds. The summed E-state index contributed by atoms with van der Waals surface area (Å²) in [5.41, 5.74) is 2.38. The topological polar surface area (TPSA) is 85.2 Å². The number of imidazole rings is 1. The Bertz CT molecular complexity index is 1370. The van der Waals surface area contributed by atoms with Crippen molar-refractivity contribution in [1.29, 1.82) is 0 Å². The van der Waals surface area contributed by atoms with E-state index >= 15 is 0 Å². The zero-order valence-electron chi connectivity index (χ0n) is 20.2. The van der Waals surface area contributed by atoms with E-state index in [1.165, 1.54) is 0 Å². The van der Waals surface area contributed by atoms with Crippen LogP contribution in [0, 0.1) is 0 Å². The lowest BCUT2D eigenvalue weighted by Gasteiger charge is -2.21. The fraction of sp³-hybridized carbons (Fsp3) is 0.207. The summed E-state index contributed by atoms with van der Waals surface area (Å²) < 4.78 is 7.78. The average molecular weight is 515 g/mol. The monoisotopic (exact) mass is 514 g/mol. The Morgan fingerprint density at radius 1 is 0.919 bits per heavy atom. The van der Waals surface area contributed by atoms with Crippen molar-refractivity contribution in [3.8, 4) is 5.88 Å². The Morgan fingerprint density at radius 3 is 2.32 bits per heavy atom. The molecular weight excluding hydrogens is 488 g/mol. The maximum atomic E-state index is 13.2. The van der Waals surface area contributed by atoms with Crippen LogP contribution in [0.4, 0.5) is 10.6 Å². The fourth-order valence-electron chi connectivity index (χ4n) is 4.46. The summed E-state index contributed by atoms with van der Waals surface area (Å²) in [6.07, 6.45) is 2.14. The molecule has 8 heteroatoms. The van der Waals surface area contributed by atoms with Crippen molar-refractivity contribution in [3.63, 3.8) is 0 Å². The third-order valence-corrected chi connectivity index (χ3v) is 6.58. The largest absolute Gasteiger partial charge is 0.414 e. The van der Waals surface area contributed by atoms with Crippen molar-refractivity contribution >= 4 is 29.3 Å². The molecular formula is C29H27ClN4O3. The van der Waals surface area contributed by atoms with Crippen molar-refractivity contribution in [2.45, 2.75) is 31.8 Å². The Hall–Kier alpha value is -4.10. The van der Waals surface area contributed by atoms with E-state index in [4.69, 9.17) is 16.3 Å². The summed E-state index contributed by atoms with van der Waals surface area (Å²) in [7, 11) is 0. The van der Waals surface area contributed by atoms with E-state index in [9.17, 15) is 9.59 Å². The van der Waals surface area contributed by atoms with Crippen LogP contribution in [0.1, 0.15) is 46.2 Å². The lowest BCUT2D eigenvalue weighted by atomic mass is 9.99. The number of carbonyl (C=O) groups excluding carboxylic acids is 2. The highest BCUT2D eigenvalue weighted by molar-refractivity contribution is 6.30. The summed E-state index contributed by atoms with van der Waals surface area (Å²) in [5, 5.41) is 6.70. The lowest BCUT2D eigenvalue weighted by molar-refractivity contribution is 0.101. The molecule has 0 bridgehead atoms. The number of nitrogens with zero attached hydrogens (tertiary/aromatic N) is 2. The number of carbonyl (C=O) groups is 2. The third kappa shape index (κ3) is 5.84. The number of rotatable bonds is 8. The number of benzene rings is 3. The molecule has 188 valence electrons. The van der Waals surface area contributed by atoms with Crippen LogP contribution in [0.15, 0.2) is 84.9 Å². The van der Waals surface area contributed by atoms with Crippen LogP contribution in [0.25, 0.3) is 0 Å². The molecule has 0 aliphatic carbocycles. The standard InChI is InChI=1S/C29H27ClN4O3/c30-23-16-14-22(15-17-23)26(21-11-5-2-6-12-21)33-29(36)37-28-27(32-25-13-7-8-18-34(25)28)31-19-24(35)20-9-3-1-4-10-20/h1-6,9-12,14-17,26,31H,7-8,13,18-19H2,(H,33,36). The zero-order valence-corrected chi connectivity index (χ0v) is 20.9. The number of aromatic nitrogens is 2. The molecule has 1 unspecified atom stereocenters.